The van der Waals surface area contributed by atoms with Crippen LogP contribution in [-0.4, -0.2) is 22.3 Å². The van der Waals surface area contributed by atoms with Crippen molar-refractivity contribution in [2.75, 3.05) is 18.1 Å². The van der Waals surface area contributed by atoms with Crippen molar-refractivity contribution in [3.05, 3.63) is 35.4 Å². The fourth-order valence-corrected chi connectivity index (χ4v) is 2.19. The Morgan fingerprint density at radius 3 is 2.47 bits per heavy atom. The molecule has 0 aliphatic carbocycles. The van der Waals surface area contributed by atoms with Crippen LogP contribution in [0, 0.1) is 11.6 Å². The van der Waals surface area contributed by atoms with Gasteiger partial charge in [-0.3, -0.25) is 4.21 Å². The van der Waals surface area contributed by atoms with Crippen LogP contribution in [0.1, 0.15) is 25.5 Å². The lowest BCUT2D eigenvalue weighted by atomic mass is 10.1. The second-order valence-corrected chi connectivity index (χ2v) is 5.61. The topological polar surface area (TPSA) is 29.1 Å². The molecule has 0 spiro atoms. The molecule has 0 aromatic heterocycles. The summed E-state index contributed by atoms with van der Waals surface area (Å²) in [7, 11) is -0.861. The third-order valence-electron chi connectivity index (χ3n) is 2.53. The van der Waals surface area contributed by atoms with Gasteiger partial charge in [0.05, 0.1) is 0 Å². The van der Waals surface area contributed by atoms with Gasteiger partial charge < -0.3 is 5.32 Å². The first-order valence-corrected chi connectivity index (χ1v) is 7.07. The lowest BCUT2D eigenvalue weighted by Gasteiger charge is -2.15. The van der Waals surface area contributed by atoms with Gasteiger partial charge in [0.25, 0.3) is 0 Å². The average Bonchev–Trinajstić information content (AvgIpc) is 2.28. The summed E-state index contributed by atoms with van der Waals surface area (Å²) in [6.45, 7) is 4.02. The SMILES string of the molecule is CCS(=O)CCNC(C)c1c(F)cccc1F. The van der Waals surface area contributed by atoms with Gasteiger partial charge in [-0.2, -0.15) is 0 Å². The minimum absolute atomic E-state index is 0.0368. The van der Waals surface area contributed by atoms with Crippen molar-refractivity contribution in [3.63, 3.8) is 0 Å². The van der Waals surface area contributed by atoms with Crippen molar-refractivity contribution in [1.29, 1.82) is 0 Å². The first kappa shape index (κ1) is 14.3. The monoisotopic (exact) mass is 261 g/mol. The molecule has 0 saturated carbocycles. The first-order chi connectivity index (χ1) is 8.06. The van der Waals surface area contributed by atoms with Crippen molar-refractivity contribution < 1.29 is 13.0 Å². The summed E-state index contributed by atoms with van der Waals surface area (Å²) in [4.78, 5) is 0. The van der Waals surface area contributed by atoms with E-state index in [0.29, 0.717) is 18.1 Å². The minimum atomic E-state index is -0.861. The molecule has 0 radical (unpaired) electrons. The predicted octanol–water partition coefficient (Wildman–Crippen LogP) is 2.38. The molecule has 2 unspecified atom stereocenters. The van der Waals surface area contributed by atoms with Gasteiger partial charge in [-0.25, -0.2) is 8.78 Å². The standard InChI is InChI=1S/C12H17F2NOS/c1-3-17(16)8-7-15-9(2)12-10(13)5-4-6-11(12)14/h4-6,9,15H,3,7-8H2,1-2H3. The van der Waals surface area contributed by atoms with Crippen molar-refractivity contribution >= 4 is 10.8 Å². The Morgan fingerprint density at radius 1 is 1.35 bits per heavy atom. The maximum absolute atomic E-state index is 13.4. The summed E-state index contributed by atoms with van der Waals surface area (Å²) in [5.41, 5.74) is 0.0368. The van der Waals surface area contributed by atoms with Crippen molar-refractivity contribution in [1.82, 2.24) is 5.32 Å². The molecule has 96 valence electrons. The van der Waals surface area contributed by atoms with Crippen LogP contribution in [0.3, 0.4) is 0 Å². The fraction of sp³-hybridized carbons (Fsp3) is 0.500. The molecule has 0 fully saturated rings. The fourth-order valence-electron chi connectivity index (χ4n) is 1.56. The third-order valence-corrected chi connectivity index (χ3v) is 3.84. The summed E-state index contributed by atoms with van der Waals surface area (Å²) in [6.07, 6.45) is 0. The van der Waals surface area contributed by atoms with Crippen molar-refractivity contribution in [2.24, 2.45) is 0 Å². The Bertz CT molecular complexity index is 378. The molecule has 0 saturated heterocycles. The van der Waals surface area contributed by atoms with Gasteiger partial charge >= 0.3 is 0 Å². The van der Waals surface area contributed by atoms with Crippen LogP contribution in [0.25, 0.3) is 0 Å². The molecule has 0 aliphatic rings. The summed E-state index contributed by atoms with van der Waals surface area (Å²) >= 11 is 0. The second-order valence-electron chi connectivity index (χ2n) is 3.74. The molecule has 1 aromatic rings. The van der Waals surface area contributed by atoms with Gasteiger partial charge in [0, 0.05) is 40.5 Å². The van der Waals surface area contributed by atoms with Gasteiger partial charge in [0.1, 0.15) is 11.6 Å². The maximum atomic E-state index is 13.4. The summed E-state index contributed by atoms with van der Waals surface area (Å²) in [5.74, 6) is -0.00988. The normalized spacial score (nSPS) is 14.6. The zero-order chi connectivity index (χ0) is 12.8. The number of hydrogen-bond acceptors (Lipinski definition) is 2. The van der Waals surface area contributed by atoms with Gasteiger partial charge in [-0.1, -0.05) is 13.0 Å². The summed E-state index contributed by atoms with van der Waals surface area (Å²) < 4.78 is 38.0. The van der Waals surface area contributed by atoms with Crippen LogP contribution < -0.4 is 5.32 Å². The molecule has 1 aromatic carbocycles. The zero-order valence-electron chi connectivity index (χ0n) is 10.0. The highest BCUT2D eigenvalue weighted by Crippen LogP contribution is 2.19. The maximum Gasteiger partial charge on any atom is 0.130 e. The second kappa shape index (κ2) is 6.81. The lowest BCUT2D eigenvalue weighted by Crippen LogP contribution is -2.25. The molecule has 0 heterocycles. The Balaban J connectivity index is 2.58. The van der Waals surface area contributed by atoms with Crippen LogP contribution >= 0.6 is 0 Å². The number of rotatable bonds is 6. The summed E-state index contributed by atoms with van der Waals surface area (Å²) in [6, 6.07) is 3.39. The molecule has 1 rings (SSSR count). The van der Waals surface area contributed by atoms with E-state index < -0.39 is 28.5 Å². The van der Waals surface area contributed by atoms with Crippen LogP contribution in [0.4, 0.5) is 8.78 Å². The molecular formula is C12H17F2NOS. The molecule has 0 aliphatic heterocycles. The van der Waals surface area contributed by atoms with E-state index in [0.717, 1.165) is 0 Å². The molecule has 2 atom stereocenters. The smallest absolute Gasteiger partial charge is 0.130 e. The molecule has 2 nitrogen and oxygen atoms in total. The van der Waals surface area contributed by atoms with E-state index in [1.807, 2.05) is 6.92 Å². The van der Waals surface area contributed by atoms with Gasteiger partial charge in [-0.15, -0.1) is 0 Å². The van der Waals surface area contributed by atoms with E-state index in [4.69, 9.17) is 0 Å². The van der Waals surface area contributed by atoms with Crippen LogP contribution in [0.2, 0.25) is 0 Å². The molecule has 5 heteroatoms. The highest BCUT2D eigenvalue weighted by Gasteiger charge is 2.15. The van der Waals surface area contributed by atoms with Gasteiger partial charge in [0.15, 0.2) is 0 Å². The Labute approximate surface area is 103 Å². The molecule has 1 N–H and O–H groups in total. The van der Waals surface area contributed by atoms with E-state index in [1.165, 1.54) is 18.2 Å². The minimum Gasteiger partial charge on any atom is -0.309 e. The zero-order valence-corrected chi connectivity index (χ0v) is 10.8. The Hall–Kier alpha value is -0.810. The highest BCUT2D eigenvalue weighted by molar-refractivity contribution is 7.84. The Morgan fingerprint density at radius 2 is 1.94 bits per heavy atom. The van der Waals surface area contributed by atoms with E-state index in [2.05, 4.69) is 5.32 Å². The van der Waals surface area contributed by atoms with E-state index in [1.54, 1.807) is 6.92 Å². The van der Waals surface area contributed by atoms with Crippen LogP contribution in [-0.2, 0) is 10.8 Å². The van der Waals surface area contributed by atoms with Crippen molar-refractivity contribution in [2.45, 2.75) is 19.9 Å². The third kappa shape index (κ3) is 4.16. The van der Waals surface area contributed by atoms with E-state index in [-0.39, 0.29) is 5.56 Å². The lowest BCUT2D eigenvalue weighted by molar-refractivity contribution is 0.496. The Kier molecular flexibility index (Phi) is 5.71. The van der Waals surface area contributed by atoms with E-state index in [9.17, 15) is 13.0 Å². The summed E-state index contributed by atoms with van der Waals surface area (Å²) in [5, 5.41) is 2.97. The number of halogens is 2. The average molecular weight is 261 g/mol. The number of hydrogen-bond donors (Lipinski definition) is 1. The predicted molar refractivity (Wildman–Crippen MR) is 66.3 cm³/mol. The van der Waals surface area contributed by atoms with Crippen LogP contribution in [0.15, 0.2) is 18.2 Å². The number of benzene rings is 1. The van der Waals surface area contributed by atoms with E-state index >= 15 is 0 Å². The molecule has 17 heavy (non-hydrogen) atoms. The molecule has 0 amide bonds. The largest absolute Gasteiger partial charge is 0.309 e. The first-order valence-electron chi connectivity index (χ1n) is 5.58. The molecular weight excluding hydrogens is 244 g/mol. The van der Waals surface area contributed by atoms with Crippen LogP contribution in [0.5, 0.6) is 0 Å². The van der Waals surface area contributed by atoms with Gasteiger partial charge in [0.2, 0.25) is 0 Å². The quantitative estimate of drug-likeness (QED) is 0.852. The van der Waals surface area contributed by atoms with Crippen molar-refractivity contribution in [3.8, 4) is 0 Å². The highest BCUT2D eigenvalue weighted by atomic mass is 32.2. The number of nitrogens with one attached hydrogen (secondary N) is 1. The van der Waals surface area contributed by atoms with Gasteiger partial charge in [-0.05, 0) is 19.1 Å². The molecule has 0 bridgehead atoms.